The van der Waals surface area contributed by atoms with Crippen LogP contribution in [0.4, 0.5) is 5.82 Å². The molecule has 2 fully saturated rings. The van der Waals surface area contributed by atoms with E-state index in [1.54, 1.807) is 7.11 Å². The van der Waals surface area contributed by atoms with Crippen molar-refractivity contribution in [2.24, 2.45) is 5.92 Å². The molecule has 0 N–H and O–H groups in total. The third-order valence-electron chi connectivity index (χ3n) is 6.91. The highest BCUT2D eigenvalue weighted by Crippen LogP contribution is 2.30. The summed E-state index contributed by atoms with van der Waals surface area (Å²) in [5, 5.41) is 1.09. The number of methoxy groups -OCH3 is 1. The molecule has 1 unspecified atom stereocenters. The summed E-state index contributed by atoms with van der Waals surface area (Å²) >= 11 is 0. The van der Waals surface area contributed by atoms with Crippen LogP contribution in [-0.4, -0.2) is 66.4 Å². The van der Waals surface area contributed by atoms with E-state index in [-0.39, 0.29) is 17.7 Å². The lowest BCUT2D eigenvalue weighted by Crippen LogP contribution is -2.51. The Hall–Kier alpha value is -3.61. The van der Waals surface area contributed by atoms with Gasteiger partial charge in [-0.05, 0) is 30.2 Å². The van der Waals surface area contributed by atoms with E-state index in [0.29, 0.717) is 45.7 Å². The number of likely N-dealkylation sites (tertiary alicyclic amines) is 1. The van der Waals surface area contributed by atoms with Gasteiger partial charge in [0, 0.05) is 51.1 Å². The van der Waals surface area contributed by atoms with Crippen molar-refractivity contribution in [1.82, 2.24) is 14.8 Å². The van der Waals surface area contributed by atoms with Gasteiger partial charge < -0.3 is 19.4 Å². The molecule has 3 heterocycles. The molecule has 2 amide bonds. The highest BCUT2D eigenvalue weighted by molar-refractivity contribution is 5.90. The number of ether oxygens (including phenoxy) is 1. The summed E-state index contributed by atoms with van der Waals surface area (Å²) in [6, 6.07) is 18.0. The van der Waals surface area contributed by atoms with Crippen LogP contribution in [-0.2, 0) is 16.1 Å². The fraction of sp³-hybridized carbons (Fsp3) is 0.370. The molecule has 0 aliphatic carbocycles. The largest absolute Gasteiger partial charge is 0.494 e. The van der Waals surface area contributed by atoms with Crippen molar-refractivity contribution in [2.75, 3.05) is 44.7 Å². The van der Waals surface area contributed by atoms with Gasteiger partial charge in [-0.15, -0.1) is 0 Å². The van der Waals surface area contributed by atoms with Crippen LogP contribution in [0, 0.1) is 12.8 Å². The third kappa shape index (κ3) is 4.30. The van der Waals surface area contributed by atoms with Crippen LogP contribution in [0.25, 0.3) is 10.9 Å². The lowest BCUT2D eigenvalue weighted by molar-refractivity contribution is -0.136. The number of amides is 2. The number of hydrogen-bond acceptors (Lipinski definition) is 5. The standard InChI is InChI=1S/C27H30N4O3/c1-19-15-24(28-26-22(19)9-6-10-23(26)34-2)29-11-13-30(14-12-29)27(33)21-16-25(32)31(18-21)17-20-7-4-3-5-8-20/h3-10,15,21H,11-14,16-18H2,1-2H3. The minimum atomic E-state index is -0.256. The first-order chi connectivity index (χ1) is 16.5. The number of nitrogens with zero attached hydrogens (tertiary/aromatic N) is 4. The molecule has 34 heavy (non-hydrogen) atoms. The van der Waals surface area contributed by atoms with Gasteiger partial charge in [-0.2, -0.15) is 0 Å². The van der Waals surface area contributed by atoms with E-state index in [9.17, 15) is 9.59 Å². The fourth-order valence-electron chi connectivity index (χ4n) is 5.01. The number of pyridine rings is 1. The quantitative estimate of drug-likeness (QED) is 0.587. The maximum Gasteiger partial charge on any atom is 0.228 e. The van der Waals surface area contributed by atoms with Crippen LogP contribution in [0.3, 0.4) is 0 Å². The summed E-state index contributed by atoms with van der Waals surface area (Å²) in [5.74, 6) is 1.57. The van der Waals surface area contributed by atoms with Gasteiger partial charge in [0.1, 0.15) is 17.1 Å². The van der Waals surface area contributed by atoms with Crippen molar-refractivity contribution in [3.63, 3.8) is 0 Å². The minimum absolute atomic E-state index is 0.0608. The molecule has 0 spiro atoms. The summed E-state index contributed by atoms with van der Waals surface area (Å²) in [7, 11) is 1.66. The summed E-state index contributed by atoms with van der Waals surface area (Å²) in [6.45, 7) is 5.84. The van der Waals surface area contributed by atoms with E-state index in [1.165, 1.54) is 0 Å². The molecule has 1 aromatic heterocycles. The molecule has 2 aliphatic rings. The molecule has 3 aromatic rings. The van der Waals surface area contributed by atoms with Crippen molar-refractivity contribution in [1.29, 1.82) is 0 Å². The van der Waals surface area contributed by atoms with E-state index in [1.807, 2.05) is 52.3 Å². The van der Waals surface area contributed by atoms with Gasteiger partial charge in [0.2, 0.25) is 11.8 Å². The van der Waals surface area contributed by atoms with Crippen LogP contribution in [0.2, 0.25) is 0 Å². The van der Waals surface area contributed by atoms with Gasteiger partial charge >= 0.3 is 0 Å². The molecule has 2 aromatic carbocycles. The average molecular weight is 459 g/mol. The van der Waals surface area contributed by atoms with Crippen molar-refractivity contribution in [3.8, 4) is 5.75 Å². The molecule has 1 atom stereocenters. The van der Waals surface area contributed by atoms with E-state index in [0.717, 1.165) is 33.6 Å². The van der Waals surface area contributed by atoms with Crippen molar-refractivity contribution < 1.29 is 14.3 Å². The van der Waals surface area contributed by atoms with Crippen molar-refractivity contribution in [2.45, 2.75) is 19.9 Å². The van der Waals surface area contributed by atoms with Crippen molar-refractivity contribution >= 4 is 28.5 Å². The number of aromatic nitrogens is 1. The number of fused-ring (bicyclic) bond motifs is 1. The number of para-hydroxylation sites is 1. The molecule has 0 radical (unpaired) electrons. The van der Waals surface area contributed by atoms with Crippen LogP contribution in [0.15, 0.2) is 54.6 Å². The topological polar surface area (TPSA) is 66.0 Å². The molecule has 7 nitrogen and oxygen atoms in total. The molecule has 0 saturated carbocycles. The number of carbonyl (C=O) groups is 2. The predicted octanol–water partition coefficient (Wildman–Crippen LogP) is 3.25. The summed E-state index contributed by atoms with van der Waals surface area (Å²) in [6.07, 6.45) is 0.303. The third-order valence-corrected chi connectivity index (χ3v) is 6.91. The van der Waals surface area contributed by atoms with Crippen molar-refractivity contribution in [3.05, 3.63) is 65.7 Å². The summed E-state index contributed by atoms with van der Waals surface area (Å²) in [5.41, 5.74) is 3.11. The van der Waals surface area contributed by atoms with Crippen LogP contribution < -0.4 is 9.64 Å². The zero-order chi connectivity index (χ0) is 23.7. The van der Waals surface area contributed by atoms with E-state index < -0.39 is 0 Å². The smallest absolute Gasteiger partial charge is 0.228 e. The number of hydrogen-bond donors (Lipinski definition) is 0. The number of piperazine rings is 1. The Labute approximate surface area is 199 Å². The first-order valence-corrected chi connectivity index (χ1v) is 11.8. The first-order valence-electron chi connectivity index (χ1n) is 11.8. The number of anilines is 1. The Morgan fingerprint density at radius 3 is 2.56 bits per heavy atom. The Balaban J connectivity index is 1.22. The van der Waals surface area contributed by atoms with Crippen LogP contribution >= 0.6 is 0 Å². The monoisotopic (exact) mass is 458 g/mol. The van der Waals surface area contributed by atoms with Gasteiger partial charge in [0.25, 0.3) is 0 Å². The number of rotatable bonds is 5. The van der Waals surface area contributed by atoms with E-state index in [2.05, 4.69) is 24.0 Å². The minimum Gasteiger partial charge on any atom is -0.494 e. The molecule has 2 aliphatic heterocycles. The Bertz CT molecular complexity index is 1210. The first kappa shape index (κ1) is 22.2. The van der Waals surface area contributed by atoms with E-state index >= 15 is 0 Å². The normalized spacial score (nSPS) is 18.6. The second-order valence-electron chi connectivity index (χ2n) is 9.13. The molecule has 5 rings (SSSR count). The van der Waals surface area contributed by atoms with Crippen LogP contribution in [0.1, 0.15) is 17.5 Å². The number of carbonyl (C=O) groups excluding carboxylic acids is 2. The second-order valence-corrected chi connectivity index (χ2v) is 9.13. The maximum absolute atomic E-state index is 13.2. The number of aryl methyl sites for hydroxylation is 1. The Morgan fingerprint density at radius 1 is 1.06 bits per heavy atom. The molecular formula is C27H30N4O3. The molecule has 7 heteroatoms. The van der Waals surface area contributed by atoms with E-state index in [4.69, 9.17) is 9.72 Å². The second kappa shape index (κ2) is 9.33. The van der Waals surface area contributed by atoms with Gasteiger partial charge in [-0.25, -0.2) is 4.98 Å². The number of benzene rings is 2. The molecule has 2 saturated heterocycles. The average Bonchev–Trinajstić information content (AvgIpc) is 3.23. The zero-order valence-corrected chi connectivity index (χ0v) is 19.7. The fourth-order valence-corrected chi connectivity index (χ4v) is 5.01. The zero-order valence-electron chi connectivity index (χ0n) is 19.7. The lowest BCUT2D eigenvalue weighted by atomic mass is 10.1. The highest BCUT2D eigenvalue weighted by Gasteiger charge is 2.37. The predicted molar refractivity (Wildman–Crippen MR) is 132 cm³/mol. The molecule has 0 bridgehead atoms. The highest BCUT2D eigenvalue weighted by atomic mass is 16.5. The van der Waals surface area contributed by atoms with Gasteiger partial charge in [0.15, 0.2) is 0 Å². The summed E-state index contributed by atoms with van der Waals surface area (Å²) in [4.78, 5) is 36.6. The Kier molecular flexibility index (Phi) is 6.09. The molecule has 176 valence electrons. The molecular weight excluding hydrogens is 428 g/mol. The SMILES string of the molecule is COc1cccc2c(C)cc(N3CCN(C(=O)C4CC(=O)N(Cc5ccccc5)C4)CC3)nc12. The van der Waals surface area contributed by atoms with Gasteiger partial charge in [0.05, 0.1) is 13.0 Å². The van der Waals surface area contributed by atoms with Crippen LogP contribution in [0.5, 0.6) is 5.75 Å². The maximum atomic E-state index is 13.2. The van der Waals surface area contributed by atoms with Gasteiger partial charge in [-0.1, -0.05) is 42.5 Å². The lowest BCUT2D eigenvalue weighted by Gasteiger charge is -2.36. The summed E-state index contributed by atoms with van der Waals surface area (Å²) < 4.78 is 5.52. The Morgan fingerprint density at radius 2 is 1.82 bits per heavy atom. The van der Waals surface area contributed by atoms with Gasteiger partial charge in [-0.3, -0.25) is 9.59 Å².